The van der Waals surface area contributed by atoms with E-state index >= 15 is 4.39 Å². The molecule has 4 aromatic rings. The fraction of sp³-hybridized carbons (Fsp3) is 0.548. The number of carbonyl (C=O) groups is 2. The fourth-order valence-electron chi connectivity index (χ4n) is 7.72. The van der Waals surface area contributed by atoms with Crippen LogP contribution in [0.4, 0.5) is 26.0 Å². The summed E-state index contributed by atoms with van der Waals surface area (Å²) in [5.41, 5.74) is 1.68. The number of anilines is 3. The Morgan fingerprint density at radius 2 is 1.84 bits per heavy atom. The molecule has 3 N–H and O–H groups in total. The molecule has 2 saturated heterocycles. The van der Waals surface area contributed by atoms with Gasteiger partial charge in [0.25, 0.3) is 0 Å². The van der Waals surface area contributed by atoms with Gasteiger partial charge in [0.15, 0.2) is 0 Å². The number of thiophene rings is 1. The number of unbranched alkanes of at least 4 members (excludes halogenated alkanes) is 1. The van der Waals surface area contributed by atoms with Crippen LogP contribution in [0.5, 0.6) is 5.75 Å². The van der Waals surface area contributed by atoms with E-state index in [2.05, 4.69) is 47.4 Å². The summed E-state index contributed by atoms with van der Waals surface area (Å²) >= 11 is 0.922. The Morgan fingerprint density at radius 3 is 2.53 bits per heavy atom. The van der Waals surface area contributed by atoms with Crippen molar-refractivity contribution in [3.63, 3.8) is 0 Å². The first-order chi connectivity index (χ1) is 27.3. The van der Waals surface area contributed by atoms with E-state index in [9.17, 15) is 20.0 Å². The first-order valence-electron chi connectivity index (χ1n) is 20.0. The molecule has 1 unspecified atom stereocenters. The van der Waals surface area contributed by atoms with E-state index in [1.54, 1.807) is 32.7 Å². The van der Waals surface area contributed by atoms with E-state index in [1.807, 2.05) is 0 Å². The summed E-state index contributed by atoms with van der Waals surface area (Å²) in [6, 6.07) is 4.46. The maximum absolute atomic E-state index is 15.4. The van der Waals surface area contributed by atoms with Crippen LogP contribution in [0.1, 0.15) is 96.3 Å². The number of piperidine rings is 1. The molecule has 0 radical (unpaired) electrons. The van der Waals surface area contributed by atoms with Crippen LogP contribution in [-0.4, -0.2) is 95.3 Å². The SMILES string of the molecule is CCCCN(C)CCC.CN1CCCC(Nc2nc(N3CCCC3)nc3c(O)c(-c4ccc(F)c5sc(NC(=O)OC(C)(C)C)c(C#N)c45)c4c(c23)COC4)C1=O. The van der Waals surface area contributed by atoms with Crippen molar-refractivity contribution in [3.05, 3.63) is 34.6 Å². The summed E-state index contributed by atoms with van der Waals surface area (Å²) in [4.78, 5) is 41.8. The van der Waals surface area contributed by atoms with E-state index in [-0.39, 0.29) is 51.0 Å². The second-order valence-electron chi connectivity index (χ2n) is 16.1. The molecule has 7 rings (SSSR count). The van der Waals surface area contributed by atoms with E-state index in [1.165, 1.54) is 44.5 Å². The lowest BCUT2D eigenvalue weighted by Crippen LogP contribution is -2.45. The van der Waals surface area contributed by atoms with Crippen LogP contribution in [0.25, 0.3) is 32.1 Å². The molecular weight excluding hydrogens is 748 g/mol. The monoisotopic (exact) mass is 802 g/mol. The molecule has 13 nitrogen and oxygen atoms in total. The van der Waals surface area contributed by atoms with Gasteiger partial charge in [-0.3, -0.25) is 10.1 Å². The topological polar surface area (TPSA) is 156 Å². The molecule has 1 atom stereocenters. The number of phenols is 1. The Morgan fingerprint density at radius 1 is 1.11 bits per heavy atom. The number of likely N-dealkylation sites (N-methyl/N-ethyl adjacent to an activating group) is 1. The summed E-state index contributed by atoms with van der Waals surface area (Å²) in [7, 11) is 3.98. The normalized spacial score (nSPS) is 16.8. The zero-order valence-electron chi connectivity index (χ0n) is 34.2. The molecule has 0 aliphatic carbocycles. The van der Waals surface area contributed by atoms with Crippen molar-refractivity contribution in [2.75, 3.05) is 62.4 Å². The van der Waals surface area contributed by atoms with Crippen molar-refractivity contribution < 1.29 is 28.6 Å². The minimum atomic E-state index is -0.787. The number of ether oxygens (including phenoxy) is 2. The minimum Gasteiger partial charge on any atom is -0.505 e. The first kappa shape index (κ1) is 41.8. The van der Waals surface area contributed by atoms with Crippen LogP contribution >= 0.6 is 11.3 Å². The van der Waals surface area contributed by atoms with Gasteiger partial charge in [-0.25, -0.2) is 14.2 Å². The summed E-state index contributed by atoms with van der Waals surface area (Å²) in [6.07, 6.45) is 6.60. The molecule has 0 bridgehead atoms. The number of nitriles is 1. The summed E-state index contributed by atoms with van der Waals surface area (Å²) < 4.78 is 26.9. The van der Waals surface area contributed by atoms with Gasteiger partial charge < -0.3 is 34.6 Å². The molecule has 0 spiro atoms. The molecule has 2 amide bonds. The van der Waals surface area contributed by atoms with Crippen molar-refractivity contribution in [1.29, 1.82) is 5.26 Å². The van der Waals surface area contributed by atoms with Gasteiger partial charge in [0.05, 0.1) is 28.9 Å². The zero-order chi connectivity index (χ0) is 41.0. The number of hydrogen-bond donors (Lipinski definition) is 3. The van der Waals surface area contributed by atoms with Gasteiger partial charge in [-0.1, -0.05) is 26.3 Å². The maximum Gasteiger partial charge on any atom is 0.412 e. The number of nitrogens with one attached hydrogen (secondary N) is 2. The van der Waals surface area contributed by atoms with Crippen LogP contribution in [0, 0.1) is 17.1 Å². The maximum atomic E-state index is 15.4. The lowest BCUT2D eigenvalue weighted by Gasteiger charge is -2.30. The largest absolute Gasteiger partial charge is 0.505 e. The van der Waals surface area contributed by atoms with Crippen molar-refractivity contribution in [1.82, 2.24) is 19.8 Å². The van der Waals surface area contributed by atoms with Crippen LogP contribution in [0.2, 0.25) is 0 Å². The van der Waals surface area contributed by atoms with Gasteiger partial charge in [-0.2, -0.15) is 10.2 Å². The molecule has 2 fully saturated rings. The number of carbonyl (C=O) groups excluding carboxylic acids is 2. The number of benzene rings is 2. The Labute approximate surface area is 338 Å². The molecule has 5 heterocycles. The summed E-state index contributed by atoms with van der Waals surface area (Å²) in [5.74, 6) is 0.0985. The number of aromatic nitrogens is 2. The smallest absolute Gasteiger partial charge is 0.412 e. The standard InChI is InChI=1S/C34H36FN7O5S.C8H19N/c1-34(2,3)47-33(45)40-30-18(14-36)24-17(9-10-21(35)28(24)48-30)23-19-15-46-16-20(19)25-26(27(23)43)38-32(42-12-5-6-13-42)39-29(25)37-22-8-7-11-41(4)31(22)44;1-4-6-8-9(3)7-5-2/h9-10,22,43H,5-8,11-13,15-16H2,1-4H3,(H,40,45)(H,37,38,39);4-8H2,1-3H3. The quantitative estimate of drug-likeness (QED) is 0.142. The molecule has 0 saturated carbocycles. The average Bonchev–Trinajstić information content (AvgIpc) is 3.94. The highest BCUT2D eigenvalue weighted by molar-refractivity contribution is 7.23. The minimum absolute atomic E-state index is 0.0320. The van der Waals surface area contributed by atoms with Crippen molar-refractivity contribution in [2.24, 2.45) is 0 Å². The molecule has 2 aromatic carbocycles. The predicted molar refractivity (Wildman–Crippen MR) is 223 cm³/mol. The number of amides is 2. The summed E-state index contributed by atoms with van der Waals surface area (Å²) in [5, 5.41) is 29.5. The number of phenolic OH excluding ortho intramolecular Hbond substituents is 1. The third-order valence-electron chi connectivity index (χ3n) is 10.5. The molecule has 3 aliphatic rings. The Balaban J connectivity index is 0.000000546. The number of fused-ring (bicyclic) bond motifs is 4. The molecule has 57 heavy (non-hydrogen) atoms. The van der Waals surface area contributed by atoms with Crippen LogP contribution in [0.3, 0.4) is 0 Å². The lowest BCUT2D eigenvalue weighted by molar-refractivity contribution is -0.132. The van der Waals surface area contributed by atoms with E-state index in [0.29, 0.717) is 46.8 Å². The Kier molecular flexibility index (Phi) is 13.1. The highest BCUT2D eigenvalue weighted by atomic mass is 32.1. The number of nitrogens with zero attached hydrogens (tertiary/aromatic N) is 6. The van der Waals surface area contributed by atoms with Gasteiger partial charge in [-0.05, 0) is 102 Å². The predicted octanol–water partition coefficient (Wildman–Crippen LogP) is 8.37. The number of halogens is 1. The van der Waals surface area contributed by atoms with Crippen LogP contribution in [-0.2, 0) is 27.5 Å². The van der Waals surface area contributed by atoms with Gasteiger partial charge in [0, 0.05) is 37.6 Å². The lowest BCUT2D eigenvalue weighted by atomic mass is 9.90. The number of likely N-dealkylation sites (tertiary alicyclic amines) is 1. The fourth-order valence-corrected chi connectivity index (χ4v) is 8.79. The molecule has 3 aliphatic heterocycles. The third-order valence-corrected chi connectivity index (χ3v) is 11.6. The van der Waals surface area contributed by atoms with Crippen molar-refractivity contribution >= 4 is 61.1 Å². The highest BCUT2D eigenvalue weighted by Gasteiger charge is 2.34. The van der Waals surface area contributed by atoms with Crippen LogP contribution in [0.15, 0.2) is 12.1 Å². The van der Waals surface area contributed by atoms with E-state index in [0.717, 1.165) is 49.3 Å². The van der Waals surface area contributed by atoms with E-state index < -0.39 is 23.6 Å². The van der Waals surface area contributed by atoms with Crippen molar-refractivity contribution in [3.8, 4) is 22.9 Å². The second kappa shape index (κ2) is 17.8. The van der Waals surface area contributed by atoms with Crippen molar-refractivity contribution in [2.45, 2.75) is 104 Å². The number of rotatable bonds is 10. The first-order valence-corrected chi connectivity index (χ1v) is 20.8. The van der Waals surface area contributed by atoms with Crippen LogP contribution < -0.4 is 15.5 Å². The van der Waals surface area contributed by atoms with Gasteiger partial charge in [-0.15, -0.1) is 11.3 Å². The number of hydrogen-bond acceptors (Lipinski definition) is 12. The van der Waals surface area contributed by atoms with E-state index in [4.69, 9.17) is 19.4 Å². The number of aromatic hydroxyl groups is 1. The molecule has 15 heteroatoms. The van der Waals surface area contributed by atoms with Gasteiger partial charge in [0.2, 0.25) is 11.9 Å². The highest BCUT2D eigenvalue weighted by Crippen LogP contribution is 2.50. The van der Waals surface area contributed by atoms with Gasteiger partial charge >= 0.3 is 6.09 Å². The molecule has 306 valence electrons. The third kappa shape index (κ3) is 9.03. The summed E-state index contributed by atoms with van der Waals surface area (Å²) in [6.45, 7) is 14.7. The molecule has 2 aromatic heterocycles. The molecular formula is C42H55FN8O5S. The Bertz CT molecular complexity index is 2170. The zero-order valence-corrected chi connectivity index (χ0v) is 35.0. The average molecular weight is 803 g/mol. The van der Waals surface area contributed by atoms with Gasteiger partial charge in [0.1, 0.15) is 45.6 Å². The second-order valence-corrected chi connectivity index (χ2v) is 17.1. The Hall–Kier alpha value is -4.78.